The molecule has 6 nitrogen and oxygen atoms in total. The Kier molecular flexibility index (Phi) is 5.57. The van der Waals surface area contributed by atoms with Crippen LogP contribution in [0.25, 0.3) is 11.1 Å². The van der Waals surface area contributed by atoms with Gasteiger partial charge in [0.25, 0.3) is 5.88 Å². The third-order valence-corrected chi connectivity index (χ3v) is 5.52. The predicted molar refractivity (Wildman–Crippen MR) is 115 cm³/mol. The molecule has 0 fully saturated rings. The Balaban J connectivity index is 1.69. The molecular formula is C24H27N3O3. The van der Waals surface area contributed by atoms with E-state index in [1.807, 2.05) is 50.8 Å². The van der Waals surface area contributed by atoms with Crippen LogP contribution in [-0.2, 0) is 13.0 Å². The molecule has 0 bridgehead atoms. The molecule has 6 heteroatoms. The second-order valence-electron chi connectivity index (χ2n) is 7.47. The van der Waals surface area contributed by atoms with E-state index in [1.54, 1.807) is 6.20 Å². The first-order valence-corrected chi connectivity index (χ1v) is 10.5. The molecule has 0 saturated carbocycles. The number of rotatable bonds is 7. The van der Waals surface area contributed by atoms with Crippen molar-refractivity contribution >= 4 is 5.78 Å². The molecule has 2 aromatic heterocycles. The first-order chi connectivity index (χ1) is 14.5. The number of Topliss-reactive ketones (excluding diaryl/α,β-unsaturated/α-hetero) is 1. The molecule has 0 spiro atoms. The fraction of sp³-hybridized carbons (Fsp3) is 0.375. The van der Waals surface area contributed by atoms with Crippen molar-refractivity contribution in [2.75, 3.05) is 13.2 Å². The number of hydrogen-bond acceptors (Lipinski definition) is 5. The van der Waals surface area contributed by atoms with Gasteiger partial charge >= 0.3 is 0 Å². The molecule has 0 radical (unpaired) electrons. The summed E-state index contributed by atoms with van der Waals surface area (Å²) in [6.07, 6.45) is 6.30. The number of ketones is 1. The molecule has 156 valence electrons. The lowest BCUT2D eigenvalue weighted by Gasteiger charge is -2.13. The van der Waals surface area contributed by atoms with E-state index >= 15 is 0 Å². The van der Waals surface area contributed by atoms with Gasteiger partial charge in [0.05, 0.1) is 25.3 Å². The van der Waals surface area contributed by atoms with E-state index in [0.29, 0.717) is 31.3 Å². The summed E-state index contributed by atoms with van der Waals surface area (Å²) in [7, 11) is 0. The van der Waals surface area contributed by atoms with Crippen molar-refractivity contribution in [3.63, 3.8) is 0 Å². The Morgan fingerprint density at radius 3 is 2.57 bits per heavy atom. The summed E-state index contributed by atoms with van der Waals surface area (Å²) in [4.78, 5) is 17.6. The van der Waals surface area contributed by atoms with Gasteiger partial charge in [-0.25, -0.2) is 4.98 Å². The van der Waals surface area contributed by atoms with Gasteiger partial charge in [-0.3, -0.25) is 9.48 Å². The van der Waals surface area contributed by atoms with Crippen LogP contribution in [0.15, 0.2) is 36.8 Å². The minimum Gasteiger partial charge on any atom is -0.488 e. The highest BCUT2D eigenvalue weighted by Crippen LogP contribution is 2.39. The Hall–Kier alpha value is -3.15. The van der Waals surface area contributed by atoms with E-state index in [-0.39, 0.29) is 11.7 Å². The SMILES string of the molecule is CCOc1cc(-c2cc(C)c3c(c2)CC(c2cnn(CC)c2)C3=O)cnc1OCC. The number of nitrogens with zero attached hydrogens (tertiary/aromatic N) is 3. The lowest BCUT2D eigenvalue weighted by Crippen LogP contribution is -2.07. The van der Waals surface area contributed by atoms with Gasteiger partial charge in [-0.1, -0.05) is 12.1 Å². The van der Waals surface area contributed by atoms with Crippen LogP contribution in [-0.4, -0.2) is 33.8 Å². The van der Waals surface area contributed by atoms with Crippen molar-refractivity contribution < 1.29 is 14.3 Å². The number of aryl methyl sites for hydroxylation is 2. The lowest BCUT2D eigenvalue weighted by molar-refractivity contribution is 0.0972. The first-order valence-electron chi connectivity index (χ1n) is 10.5. The maximum atomic E-state index is 13.1. The summed E-state index contributed by atoms with van der Waals surface area (Å²) in [5, 5.41) is 4.34. The van der Waals surface area contributed by atoms with Gasteiger partial charge in [0, 0.05) is 35.6 Å². The van der Waals surface area contributed by atoms with Gasteiger partial charge in [0.1, 0.15) is 0 Å². The molecule has 1 aliphatic rings. The average molecular weight is 405 g/mol. The zero-order valence-electron chi connectivity index (χ0n) is 17.9. The molecule has 1 aliphatic carbocycles. The molecule has 4 rings (SSSR count). The first kappa shape index (κ1) is 20.1. The number of ether oxygens (including phenoxy) is 2. The number of pyridine rings is 1. The second-order valence-corrected chi connectivity index (χ2v) is 7.47. The van der Waals surface area contributed by atoms with Gasteiger partial charge in [-0.2, -0.15) is 5.10 Å². The topological polar surface area (TPSA) is 66.2 Å². The highest BCUT2D eigenvalue weighted by atomic mass is 16.5. The number of aromatic nitrogens is 3. The Morgan fingerprint density at radius 1 is 1.07 bits per heavy atom. The van der Waals surface area contributed by atoms with Crippen molar-refractivity contribution in [3.8, 4) is 22.8 Å². The van der Waals surface area contributed by atoms with Gasteiger partial charge in [-0.15, -0.1) is 0 Å². The van der Waals surface area contributed by atoms with E-state index < -0.39 is 0 Å². The average Bonchev–Trinajstić information content (AvgIpc) is 3.34. The molecule has 0 saturated heterocycles. The van der Waals surface area contributed by atoms with Crippen molar-refractivity contribution in [2.24, 2.45) is 0 Å². The Bertz CT molecular complexity index is 1090. The molecule has 0 aliphatic heterocycles. The lowest BCUT2D eigenvalue weighted by atomic mass is 9.96. The van der Waals surface area contributed by atoms with E-state index in [1.165, 1.54) is 0 Å². The second kappa shape index (κ2) is 8.30. The number of fused-ring (bicyclic) bond motifs is 1. The molecule has 1 unspecified atom stereocenters. The fourth-order valence-electron chi connectivity index (χ4n) is 4.12. The van der Waals surface area contributed by atoms with Crippen LogP contribution in [0.5, 0.6) is 11.6 Å². The van der Waals surface area contributed by atoms with Crippen molar-refractivity contribution in [1.82, 2.24) is 14.8 Å². The number of benzene rings is 1. The molecule has 30 heavy (non-hydrogen) atoms. The van der Waals surface area contributed by atoms with E-state index in [4.69, 9.17) is 9.47 Å². The summed E-state index contributed by atoms with van der Waals surface area (Å²) in [5.41, 5.74) is 5.88. The molecule has 1 aromatic carbocycles. The summed E-state index contributed by atoms with van der Waals surface area (Å²) < 4.78 is 13.2. The molecule has 0 amide bonds. The number of carbonyl (C=O) groups excluding carboxylic acids is 1. The smallest absolute Gasteiger partial charge is 0.257 e. The summed E-state index contributed by atoms with van der Waals surface area (Å²) >= 11 is 0. The van der Waals surface area contributed by atoms with E-state index in [2.05, 4.69) is 22.2 Å². The highest BCUT2D eigenvalue weighted by Gasteiger charge is 2.34. The monoisotopic (exact) mass is 405 g/mol. The summed E-state index contributed by atoms with van der Waals surface area (Å²) in [6.45, 7) is 9.77. The van der Waals surface area contributed by atoms with Crippen LogP contribution in [0, 0.1) is 6.92 Å². The molecule has 2 heterocycles. The van der Waals surface area contributed by atoms with Gasteiger partial charge in [0.15, 0.2) is 11.5 Å². The minimum absolute atomic E-state index is 0.160. The molecule has 1 atom stereocenters. The predicted octanol–water partition coefficient (Wildman–Crippen LogP) is 4.59. The number of hydrogen-bond donors (Lipinski definition) is 0. The molecule has 0 N–H and O–H groups in total. The van der Waals surface area contributed by atoms with Crippen LogP contribution >= 0.6 is 0 Å². The third kappa shape index (κ3) is 3.58. The zero-order chi connectivity index (χ0) is 21.3. The molecular weight excluding hydrogens is 378 g/mol. The van der Waals surface area contributed by atoms with Crippen molar-refractivity contribution in [1.29, 1.82) is 0 Å². The Labute approximate surface area is 176 Å². The normalized spacial score (nSPS) is 15.3. The zero-order valence-corrected chi connectivity index (χ0v) is 17.9. The maximum absolute atomic E-state index is 13.1. The fourth-order valence-corrected chi connectivity index (χ4v) is 4.12. The van der Waals surface area contributed by atoms with Gasteiger partial charge in [-0.05, 0) is 56.9 Å². The highest BCUT2D eigenvalue weighted by molar-refractivity contribution is 6.07. The quantitative estimate of drug-likeness (QED) is 0.575. The van der Waals surface area contributed by atoms with Crippen LogP contribution in [0.2, 0.25) is 0 Å². The van der Waals surface area contributed by atoms with Crippen LogP contribution in [0.4, 0.5) is 0 Å². The van der Waals surface area contributed by atoms with Crippen LogP contribution in [0.3, 0.4) is 0 Å². The van der Waals surface area contributed by atoms with E-state index in [9.17, 15) is 4.79 Å². The third-order valence-electron chi connectivity index (χ3n) is 5.52. The maximum Gasteiger partial charge on any atom is 0.257 e. The van der Waals surface area contributed by atoms with Crippen molar-refractivity contribution in [3.05, 3.63) is 59.0 Å². The van der Waals surface area contributed by atoms with Crippen LogP contribution in [0.1, 0.15) is 53.7 Å². The largest absolute Gasteiger partial charge is 0.488 e. The Morgan fingerprint density at radius 2 is 1.87 bits per heavy atom. The van der Waals surface area contributed by atoms with Gasteiger partial charge in [0.2, 0.25) is 0 Å². The minimum atomic E-state index is -0.160. The standard InChI is InChI=1S/C24H27N3O3/c1-5-27-14-19(13-26-27)20-10-17-9-16(8-15(4)22(17)23(20)28)18-11-21(29-6-2)24(25-12-18)30-7-3/h8-9,11-14,20H,5-7,10H2,1-4H3. The summed E-state index contributed by atoms with van der Waals surface area (Å²) in [5.74, 6) is 1.16. The van der Waals surface area contributed by atoms with Gasteiger partial charge < -0.3 is 9.47 Å². The van der Waals surface area contributed by atoms with Crippen LogP contribution < -0.4 is 9.47 Å². The van der Waals surface area contributed by atoms with Crippen molar-refractivity contribution in [2.45, 2.75) is 46.6 Å². The summed E-state index contributed by atoms with van der Waals surface area (Å²) in [6, 6.07) is 6.13. The number of carbonyl (C=O) groups is 1. The molecule has 3 aromatic rings. The van der Waals surface area contributed by atoms with E-state index in [0.717, 1.165) is 39.9 Å².